The molecule has 0 saturated carbocycles. The van der Waals surface area contributed by atoms with Crippen LogP contribution in [0, 0.1) is 11.8 Å². The molecule has 0 aromatic rings. The number of aliphatic hydroxyl groups excluding tert-OH is 1. The van der Waals surface area contributed by atoms with Gasteiger partial charge >= 0.3 is 0 Å². The lowest BCUT2D eigenvalue weighted by Crippen LogP contribution is -1.87. The predicted molar refractivity (Wildman–Crippen MR) is 55.2 cm³/mol. The molecule has 2 heteroatoms. The van der Waals surface area contributed by atoms with E-state index in [1.165, 1.54) is 6.08 Å². The van der Waals surface area contributed by atoms with Gasteiger partial charge in [0.05, 0.1) is 0 Å². The third-order valence-corrected chi connectivity index (χ3v) is 2.06. The van der Waals surface area contributed by atoms with Gasteiger partial charge in [-0.05, 0) is 31.4 Å². The maximum Gasteiger partial charge on any atom is 0.100 e. The molecule has 14 heavy (non-hydrogen) atoms. The maximum atomic E-state index is 12.6. The SMILES string of the molecule is OCCCCC#CC1=CC=C(F)CC1. The van der Waals surface area contributed by atoms with Gasteiger partial charge in [0.15, 0.2) is 0 Å². The molecule has 0 aromatic carbocycles. The Morgan fingerprint density at radius 2 is 2.14 bits per heavy atom. The highest BCUT2D eigenvalue weighted by molar-refractivity contribution is 5.35. The summed E-state index contributed by atoms with van der Waals surface area (Å²) in [5, 5.41) is 8.53. The Balaban J connectivity index is 2.29. The van der Waals surface area contributed by atoms with Crippen LogP contribution in [0.1, 0.15) is 32.1 Å². The van der Waals surface area contributed by atoms with Crippen molar-refractivity contribution in [3.63, 3.8) is 0 Å². The van der Waals surface area contributed by atoms with Gasteiger partial charge in [-0.2, -0.15) is 0 Å². The summed E-state index contributed by atoms with van der Waals surface area (Å²) in [6.07, 6.45) is 6.99. The topological polar surface area (TPSA) is 20.2 Å². The van der Waals surface area contributed by atoms with Crippen LogP contribution >= 0.6 is 0 Å². The molecule has 1 nitrogen and oxygen atoms in total. The molecule has 76 valence electrons. The Morgan fingerprint density at radius 1 is 1.29 bits per heavy atom. The molecule has 0 bridgehead atoms. The lowest BCUT2D eigenvalue weighted by atomic mass is 10.0. The number of rotatable bonds is 3. The molecular weight excluding hydrogens is 179 g/mol. The molecule has 0 aromatic heterocycles. The molecule has 0 aliphatic heterocycles. The monoisotopic (exact) mass is 194 g/mol. The number of halogens is 1. The van der Waals surface area contributed by atoms with E-state index < -0.39 is 0 Å². The molecule has 1 aliphatic carbocycles. The summed E-state index contributed by atoms with van der Waals surface area (Å²) in [4.78, 5) is 0. The van der Waals surface area contributed by atoms with E-state index in [2.05, 4.69) is 11.8 Å². The fourth-order valence-corrected chi connectivity index (χ4v) is 1.22. The van der Waals surface area contributed by atoms with Gasteiger partial charge in [-0.1, -0.05) is 11.8 Å². The van der Waals surface area contributed by atoms with Gasteiger partial charge in [-0.25, -0.2) is 4.39 Å². The van der Waals surface area contributed by atoms with Gasteiger partial charge in [-0.3, -0.25) is 0 Å². The number of hydrogen-bond acceptors (Lipinski definition) is 1. The fourth-order valence-electron chi connectivity index (χ4n) is 1.22. The first-order valence-electron chi connectivity index (χ1n) is 4.98. The van der Waals surface area contributed by atoms with E-state index in [1.807, 2.05) is 0 Å². The Hall–Kier alpha value is -1.07. The molecule has 0 radical (unpaired) electrons. The average Bonchev–Trinajstić information content (AvgIpc) is 2.21. The van der Waals surface area contributed by atoms with E-state index in [1.54, 1.807) is 6.08 Å². The van der Waals surface area contributed by atoms with Crippen molar-refractivity contribution < 1.29 is 9.50 Å². The Bertz CT molecular complexity index is 291. The molecular formula is C12H15FO. The highest BCUT2D eigenvalue weighted by Gasteiger charge is 2.02. The molecule has 0 spiro atoms. The standard InChI is InChI=1S/C12H15FO/c13-12-8-6-11(7-9-12)5-3-1-2-4-10-14/h6,8,14H,1-2,4,7,9-10H2. The van der Waals surface area contributed by atoms with Crippen molar-refractivity contribution in [2.75, 3.05) is 6.61 Å². The molecule has 0 saturated heterocycles. The van der Waals surface area contributed by atoms with Crippen molar-refractivity contribution >= 4 is 0 Å². The second-order valence-electron chi connectivity index (χ2n) is 3.29. The third kappa shape index (κ3) is 4.25. The Morgan fingerprint density at radius 3 is 2.79 bits per heavy atom. The van der Waals surface area contributed by atoms with Crippen molar-refractivity contribution in [1.82, 2.24) is 0 Å². The van der Waals surface area contributed by atoms with Crippen LogP contribution in [0.15, 0.2) is 23.6 Å². The first kappa shape index (κ1) is 11.0. The summed E-state index contributed by atoms with van der Waals surface area (Å²) in [7, 11) is 0. The van der Waals surface area contributed by atoms with Crippen LogP contribution in [-0.4, -0.2) is 11.7 Å². The van der Waals surface area contributed by atoms with Crippen molar-refractivity contribution in [2.24, 2.45) is 0 Å². The summed E-state index contributed by atoms with van der Waals surface area (Å²) < 4.78 is 12.6. The lowest BCUT2D eigenvalue weighted by Gasteiger charge is -2.02. The van der Waals surface area contributed by atoms with Gasteiger partial charge < -0.3 is 5.11 Å². The maximum absolute atomic E-state index is 12.6. The van der Waals surface area contributed by atoms with Crippen molar-refractivity contribution in [1.29, 1.82) is 0 Å². The van der Waals surface area contributed by atoms with Crippen LogP contribution < -0.4 is 0 Å². The summed E-state index contributed by atoms with van der Waals surface area (Å²) in [6.45, 7) is 0.234. The van der Waals surface area contributed by atoms with Crippen LogP contribution in [0.3, 0.4) is 0 Å². The van der Waals surface area contributed by atoms with Crippen molar-refractivity contribution in [3.05, 3.63) is 23.6 Å². The predicted octanol–water partition coefficient (Wildman–Crippen LogP) is 2.73. The van der Waals surface area contributed by atoms with Crippen molar-refractivity contribution in [2.45, 2.75) is 32.1 Å². The van der Waals surface area contributed by atoms with Gasteiger partial charge in [-0.15, -0.1) is 0 Å². The Labute approximate surface area is 84.3 Å². The highest BCUT2D eigenvalue weighted by atomic mass is 19.1. The first-order valence-corrected chi connectivity index (χ1v) is 4.98. The zero-order valence-electron chi connectivity index (χ0n) is 8.22. The zero-order chi connectivity index (χ0) is 10.2. The van der Waals surface area contributed by atoms with E-state index in [9.17, 15) is 4.39 Å². The van der Waals surface area contributed by atoms with Crippen LogP contribution in [0.25, 0.3) is 0 Å². The third-order valence-electron chi connectivity index (χ3n) is 2.06. The van der Waals surface area contributed by atoms with Gasteiger partial charge in [0.25, 0.3) is 0 Å². The summed E-state index contributed by atoms with van der Waals surface area (Å²) in [5.74, 6) is 5.98. The van der Waals surface area contributed by atoms with Gasteiger partial charge in [0.2, 0.25) is 0 Å². The van der Waals surface area contributed by atoms with Crippen molar-refractivity contribution in [3.8, 4) is 11.8 Å². The minimum atomic E-state index is -0.0594. The summed E-state index contributed by atoms with van der Waals surface area (Å²) in [6, 6.07) is 0. The smallest absolute Gasteiger partial charge is 0.100 e. The molecule has 0 atom stereocenters. The van der Waals surface area contributed by atoms with Crippen LogP contribution in [0.5, 0.6) is 0 Å². The van der Waals surface area contributed by atoms with E-state index in [-0.39, 0.29) is 12.4 Å². The van der Waals surface area contributed by atoms with Crippen LogP contribution in [0.4, 0.5) is 4.39 Å². The number of aliphatic hydroxyl groups is 1. The van der Waals surface area contributed by atoms with E-state index in [4.69, 9.17) is 5.11 Å². The number of allylic oxidation sites excluding steroid dienone is 4. The molecule has 0 heterocycles. The van der Waals surface area contributed by atoms with E-state index in [0.717, 1.165) is 31.3 Å². The van der Waals surface area contributed by atoms with Gasteiger partial charge in [0, 0.05) is 25.0 Å². The van der Waals surface area contributed by atoms with E-state index in [0.29, 0.717) is 6.42 Å². The van der Waals surface area contributed by atoms with E-state index >= 15 is 0 Å². The molecule has 0 amide bonds. The zero-order valence-corrected chi connectivity index (χ0v) is 8.22. The second-order valence-corrected chi connectivity index (χ2v) is 3.29. The van der Waals surface area contributed by atoms with Crippen LogP contribution in [0.2, 0.25) is 0 Å². The van der Waals surface area contributed by atoms with Crippen LogP contribution in [-0.2, 0) is 0 Å². The van der Waals surface area contributed by atoms with Gasteiger partial charge in [0.1, 0.15) is 5.83 Å². The summed E-state index contributed by atoms with van der Waals surface area (Å²) in [5.41, 5.74) is 1.01. The second kappa shape index (κ2) is 6.39. The molecule has 1 N–H and O–H groups in total. The summed E-state index contributed by atoms with van der Waals surface area (Å²) >= 11 is 0. The minimum absolute atomic E-state index is 0.0594. The largest absolute Gasteiger partial charge is 0.396 e. The molecule has 0 unspecified atom stereocenters. The normalized spacial score (nSPS) is 15.3. The fraction of sp³-hybridized carbons (Fsp3) is 0.500. The Kier molecular flexibility index (Phi) is 5.03. The average molecular weight is 194 g/mol. The number of unbranched alkanes of at least 4 members (excludes halogenated alkanes) is 2. The minimum Gasteiger partial charge on any atom is -0.396 e. The number of hydrogen-bond donors (Lipinski definition) is 1. The first-order chi connectivity index (χ1) is 6.83. The quantitative estimate of drug-likeness (QED) is 0.541. The molecule has 0 fully saturated rings. The molecule has 1 aliphatic rings. The highest BCUT2D eigenvalue weighted by Crippen LogP contribution is 2.18. The molecule has 1 rings (SSSR count). The lowest BCUT2D eigenvalue weighted by molar-refractivity contribution is 0.285.